The summed E-state index contributed by atoms with van der Waals surface area (Å²) >= 11 is 0. The molecule has 6 nitrogen and oxygen atoms in total. The van der Waals surface area contributed by atoms with Gasteiger partial charge in [-0.2, -0.15) is 17.5 Å². The van der Waals surface area contributed by atoms with Crippen molar-refractivity contribution in [3.8, 4) is 0 Å². The summed E-state index contributed by atoms with van der Waals surface area (Å²) in [5.74, 6) is -0.608. The maximum atomic E-state index is 12.9. The van der Waals surface area contributed by atoms with Crippen LogP contribution in [0.15, 0.2) is 53.4 Å². The van der Waals surface area contributed by atoms with E-state index in [1.165, 1.54) is 47.6 Å². The number of nitrogens with zero attached hydrogens (tertiary/aromatic N) is 2. The summed E-state index contributed by atoms with van der Waals surface area (Å²) in [6.45, 7) is 3.89. The van der Waals surface area contributed by atoms with Crippen LogP contribution < -0.4 is 0 Å². The third kappa shape index (κ3) is 5.80. The SMILES string of the molecule is CC(=O)c1ccc(S(=O)(=O)N2CCN(C(=O)CC(C)c3ccc(C(F)(F)F)cc3)CC2)cc1. The zero-order valence-electron chi connectivity index (χ0n) is 18.3. The molecule has 2 aromatic rings. The highest BCUT2D eigenvalue weighted by atomic mass is 32.2. The Morgan fingerprint density at radius 2 is 1.48 bits per heavy atom. The first-order valence-electron chi connectivity index (χ1n) is 10.5. The molecule has 1 heterocycles. The van der Waals surface area contributed by atoms with Gasteiger partial charge in [0.2, 0.25) is 15.9 Å². The van der Waals surface area contributed by atoms with Crippen LogP contribution in [-0.4, -0.2) is 55.5 Å². The molecule has 0 aliphatic carbocycles. The number of piperazine rings is 1. The minimum atomic E-state index is -4.41. The van der Waals surface area contributed by atoms with Crippen LogP contribution in [0.5, 0.6) is 0 Å². The summed E-state index contributed by atoms with van der Waals surface area (Å²) in [6, 6.07) is 10.5. The number of ketones is 1. The maximum absolute atomic E-state index is 12.9. The number of carbonyl (C=O) groups is 2. The fourth-order valence-corrected chi connectivity index (χ4v) is 5.12. The van der Waals surface area contributed by atoms with Gasteiger partial charge < -0.3 is 4.90 Å². The number of sulfonamides is 1. The molecule has 1 atom stereocenters. The topological polar surface area (TPSA) is 74.8 Å². The van der Waals surface area contributed by atoms with Crippen molar-refractivity contribution in [2.75, 3.05) is 26.2 Å². The van der Waals surface area contributed by atoms with Crippen LogP contribution in [0.2, 0.25) is 0 Å². The van der Waals surface area contributed by atoms with Gasteiger partial charge >= 0.3 is 6.18 Å². The highest BCUT2D eigenvalue weighted by molar-refractivity contribution is 7.89. The van der Waals surface area contributed by atoms with Crippen molar-refractivity contribution in [3.05, 3.63) is 65.2 Å². The first kappa shape index (κ1) is 24.9. The van der Waals surface area contributed by atoms with Gasteiger partial charge in [0.25, 0.3) is 0 Å². The zero-order chi connectivity index (χ0) is 24.4. The summed E-state index contributed by atoms with van der Waals surface area (Å²) < 4.78 is 65.2. The normalized spacial score (nSPS) is 16.5. The Balaban J connectivity index is 1.57. The fraction of sp³-hybridized carbons (Fsp3) is 0.391. The molecule has 0 aromatic heterocycles. The van der Waals surface area contributed by atoms with E-state index < -0.39 is 21.8 Å². The van der Waals surface area contributed by atoms with Gasteiger partial charge in [0.15, 0.2) is 5.78 Å². The average molecular weight is 483 g/mol. The van der Waals surface area contributed by atoms with Crippen molar-refractivity contribution in [1.82, 2.24) is 9.21 Å². The predicted molar refractivity (Wildman–Crippen MR) is 116 cm³/mol. The van der Waals surface area contributed by atoms with Gasteiger partial charge in [0.05, 0.1) is 10.5 Å². The Morgan fingerprint density at radius 1 is 0.939 bits per heavy atom. The molecule has 10 heteroatoms. The zero-order valence-corrected chi connectivity index (χ0v) is 19.1. The van der Waals surface area contributed by atoms with Crippen LogP contribution in [0.1, 0.15) is 47.7 Å². The summed E-state index contributed by atoms with van der Waals surface area (Å²) in [5, 5.41) is 0. The van der Waals surface area contributed by atoms with Crippen molar-refractivity contribution in [1.29, 1.82) is 0 Å². The Kier molecular flexibility index (Phi) is 7.28. The molecule has 0 N–H and O–H groups in total. The Labute approximate surface area is 191 Å². The molecule has 1 saturated heterocycles. The number of Topliss-reactive ketones (excluding diaryl/α,β-unsaturated/α-hetero) is 1. The molecule has 0 bridgehead atoms. The van der Waals surface area contributed by atoms with Gasteiger partial charge in [0.1, 0.15) is 0 Å². The van der Waals surface area contributed by atoms with E-state index in [-0.39, 0.29) is 55.1 Å². The molecule has 3 rings (SSSR count). The van der Waals surface area contributed by atoms with Crippen LogP contribution in [0.25, 0.3) is 0 Å². The highest BCUT2D eigenvalue weighted by Gasteiger charge is 2.32. The molecule has 1 amide bonds. The van der Waals surface area contributed by atoms with Crippen LogP contribution in [0.3, 0.4) is 0 Å². The second kappa shape index (κ2) is 9.64. The lowest BCUT2D eigenvalue weighted by atomic mass is 9.96. The number of hydrogen-bond acceptors (Lipinski definition) is 4. The molecule has 1 unspecified atom stereocenters. The van der Waals surface area contributed by atoms with Crippen LogP contribution in [0, 0.1) is 0 Å². The van der Waals surface area contributed by atoms with Crippen LogP contribution >= 0.6 is 0 Å². The molecule has 178 valence electrons. The van der Waals surface area contributed by atoms with Gasteiger partial charge in [-0.1, -0.05) is 31.2 Å². The van der Waals surface area contributed by atoms with Crippen LogP contribution in [-0.2, 0) is 21.0 Å². The molecule has 0 radical (unpaired) electrons. The molecular weight excluding hydrogens is 457 g/mol. The number of halogens is 3. The summed E-state index contributed by atoms with van der Waals surface area (Å²) in [6.07, 6.45) is -4.29. The quantitative estimate of drug-likeness (QED) is 0.585. The molecule has 0 spiro atoms. The smallest absolute Gasteiger partial charge is 0.340 e. The van der Waals surface area contributed by atoms with E-state index in [0.717, 1.165) is 12.1 Å². The molecule has 0 saturated carbocycles. The third-order valence-electron chi connectivity index (χ3n) is 5.78. The number of hydrogen-bond donors (Lipinski definition) is 0. The lowest BCUT2D eigenvalue weighted by Gasteiger charge is -2.34. The van der Waals surface area contributed by atoms with E-state index in [1.807, 2.05) is 0 Å². The van der Waals surface area contributed by atoms with E-state index in [1.54, 1.807) is 11.8 Å². The molecule has 1 fully saturated rings. The standard InChI is InChI=1S/C23H25F3N2O4S/c1-16(18-3-7-20(8-4-18)23(24,25)26)15-22(30)27-11-13-28(14-12-27)33(31,32)21-9-5-19(6-10-21)17(2)29/h3-10,16H,11-15H2,1-2H3. The predicted octanol–water partition coefficient (Wildman–Crippen LogP) is 3.93. The molecule has 1 aliphatic heterocycles. The Bertz CT molecular complexity index is 1110. The number of benzene rings is 2. The number of rotatable bonds is 6. The number of carbonyl (C=O) groups excluding carboxylic acids is 2. The minimum Gasteiger partial charge on any atom is -0.340 e. The van der Waals surface area contributed by atoms with E-state index in [0.29, 0.717) is 11.1 Å². The van der Waals surface area contributed by atoms with Crippen molar-refractivity contribution in [2.45, 2.75) is 37.3 Å². The second-order valence-corrected chi connectivity index (χ2v) is 10.0. The van der Waals surface area contributed by atoms with Gasteiger partial charge in [-0.25, -0.2) is 8.42 Å². The number of amides is 1. The summed E-state index contributed by atoms with van der Waals surface area (Å²) in [7, 11) is -3.74. The largest absolute Gasteiger partial charge is 0.416 e. The minimum absolute atomic E-state index is 0.0863. The first-order chi connectivity index (χ1) is 15.4. The van der Waals surface area contributed by atoms with E-state index in [9.17, 15) is 31.2 Å². The Morgan fingerprint density at radius 3 is 1.97 bits per heavy atom. The summed E-state index contributed by atoms with van der Waals surface area (Å²) in [5.41, 5.74) is 0.316. The highest BCUT2D eigenvalue weighted by Crippen LogP contribution is 2.31. The molecule has 2 aromatic carbocycles. The number of alkyl halides is 3. The third-order valence-corrected chi connectivity index (χ3v) is 7.69. The first-order valence-corrected chi connectivity index (χ1v) is 11.9. The van der Waals surface area contributed by atoms with E-state index in [4.69, 9.17) is 0 Å². The van der Waals surface area contributed by atoms with Crippen molar-refractivity contribution in [3.63, 3.8) is 0 Å². The van der Waals surface area contributed by atoms with E-state index >= 15 is 0 Å². The van der Waals surface area contributed by atoms with Crippen LogP contribution in [0.4, 0.5) is 13.2 Å². The van der Waals surface area contributed by atoms with Crippen molar-refractivity contribution < 1.29 is 31.2 Å². The van der Waals surface area contributed by atoms with Gasteiger partial charge in [-0.15, -0.1) is 0 Å². The summed E-state index contributed by atoms with van der Waals surface area (Å²) in [4.78, 5) is 25.7. The van der Waals surface area contributed by atoms with Crippen molar-refractivity contribution >= 4 is 21.7 Å². The van der Waals surface area contributed by atoms with E-state index in [2.05, 4.69) is 0 Å². The average Bonchev–Trinajstić information content (AvgIpc) is 2.78. The maximum Gasteiger partial charge on any atom is 0.416 e. The van der Waals surface area contributed by atoms with Crippen molar-refractivity contribution in [2.24, 2.45) is 0 Å². The molecular formula is C23H25F3N2O4S. The van der Waals surface area contributed by atoms with Gasteiger partial charge in [-0.05, 0) is 42.7 Å². The Hall–Kier alpha value is -2.72. The lowest BCUT2D eigenvalue weighted by Crippen LogP contribution is -2.50. The monoisotopic (exact) mass is 482 g/mol. The lowest BCUT2D eigenvalue weighted by molar-refractivity contribution is -0.137. The molecule has 1 aliphatic rings. The van der Waals surface area contributed by atoms with Gasteiger partial charge in [0, 0.05) is 38.2 Å². The second-order valence-electron chi connectivity index (χ2n) is 8.09. The fourth-order valence-electron chi connectivity index (χ4n) is 3.70. The molecule has 33 heavy (non-hydrogen) atoms. The van der Waals surface area contributed by atoms with Gasteiger partial charge in [-0.3, -0.25) is 9.59 Å².